The number of hydrogen-bond donors (Lipinski definition) is 3. The Bertz CT molecular complexity index is 673. The van der Waals surface area contributed by atoms with Gasteiger partial charge in [0.05, 0.1) is 11.4 Å². The van der Waals surface area contributed by atoms with Gasteiger partial charge in [-0.05, 0) is 48.9 Å². The van der Waals surface area contributed by atoms with Gasteiger partial charge in [0.1, 0.15) is 0 Å². The molecule has 0 heterocycles. The molecule has 6 nitrogen and oxygen atoms in total. The summed E-state index contributed by atoms with van der Waals surface area (Å²) in [5.41, 5.74) is 0.995. The standard InChI is InChI=1S/C18H29N3O3S/c1-13-4-3-5-17(14(13)2)21-18(22)12-20-11-10-15-6-8-16(9-7-15)25(19,23)24/h6-9,13-14,17,20H,3-5,10-12H2,1-2H3,(H,21,22)(H2,19,23,24)/t13-,14-,17+/m0/s1. The molecule has 7 heteroatoms. The minimum atomic E-state index is -3.65. The first-order chi connectivity index (χ1) is 11.8. The number of rotatable bonds is 7. The quantitative estimate of drug-likeness (QED) is 0.634. The van der Waals surface area contributed by atoms with Crippen LogP contribution in [0.4, 0.5) is 0 Å². The molecule has 0 bridgehead atoms. The van der Waals surface area contributed by atoms with Crippen molar-refractivity contribution in [2.45, 2.75) is 50.5 Å². The van der Waals surface area contributed by atoms with Crippen LogP contribution in [0.5, 0.6) is 0 Å². The van der Waals surface area contributed by atoms with Gasteiger partial charge in [-0.1, -0.05) is 38.8 Å². The lowest BCUT2D eigenvalue weighted by atomic mass is 9.78. The van der Waals surface area contributed by atoms with Crippen LogP contribution in [-0.2, 0) is 21.2 Å². The maximum absolute atomic E-state index is 12.1. The number of primary sulfonamides is 1. The van der Waals surface area contributed by atoms with E-state index in [0.29, 0.717) is 24.9 Å². The van der Waals surface area contributed by atoms with E-state index in [0.717, 1.165) is 18.4 Å². The van der Waals surface area contributed by atoms with E-state index in [4.69, 9.17) is 5.14 Å². The lowest BCUT2D eigenvalue weighted by molar-refractivity contribution is -0.121. The summed E-state index contributed by atoms with van der Waals surface area (Å²) in [6.45, 7) is 5.42. The highest BCUT2D eigenvalue weighted by Crippen LogP contribution is 2.29. The average Bonchev–Trinajstić information content (AvgIpc) is 2.55. The van der Waals surface area contributed by atoms with Gasteiger partial charge in [-0.2, -0.15) is 0 Å². The number of amides is 1. The van der Waals surface area contributed by atoms with Crippen LogP contribution in [0.3, 0.4) is 0 Å². The summed E-state index contributed by atoms with van der Waals surface area (Å²) < 4.78 is 22.4. The number of carbonyl (C=O) groups excluding carboxylic acids is 1. The van der Waals surface area contributed by atoms with Crippen molar-refractivity contribution in [3.63, 3.8) is 0 Å². The molecule has 4 N–H and O–H groups in total. The molecule has 1 aliphatic rings. The molecule has 0 saturated heterocycles. The van der Waals surface area contributed by atoms with E-state index in [2.05, 4.69) is 24.5 Å². The van der Waals surface area contributed by atoms with Gasteiger partial charge in [-0.15, -0.1) is 0 Å². The number of nitrogens with one attached hydrogen (secondary N) is 2. The van der Waals surface area contributed by atoms with Crippen molar-refractivity contribution in [2.75, 3.05) is 13.1 Å². The van der Waals surface area contributed by atoms with Gasteiger partial charge in [-0.3, -0.25) is 4.79 Å². The zero-order valence-electron chi connectivity index (χ0n) is 15.0. The van der Waals surface area contributed by atoms with Crippen LogP contribution in [0.15, 0.2) is 29.2 Å². The molecule has 2 rings (SSSR count). The predicted octanol–water partition coefficient (Wildman–Crippen LogP) is 1.41. The van der Waals surface area contributed by atoms with Crippen LogP contribution in [0.2, 0.25) is 0 Å². The van der Waals surface area contributed by atoms with Gasteiger partial charge < -0.3 is 10.6 Å². The zero-order chi connectivity index (χ0) is 18.4. The summed E-state index contributed by atoms with van der Waals surface area (Å²) in [5.74, 6) is 1.22. The molecule has 140 valence electrons. The van der Waals surface area contributed by atoms with Crippen molar-refractivity contribution in [3.8, 4) is 0 Å². The molecule has 1 saturated carbocycles. The summed E-state index contributed by atoms with van der Waals surface area (Å²) >= 11 is 0. The average molecular weight is 368 g/mol. The van der Waals surface area contributed by atoms with Gasteiger partial charge in [0.25, 0.3) is 0 Å². The molecule has 0 aliphatic heterocycles. The number of sulfonamides is 1. The highest BCUT2D eigenvalue weighted by Gasteiger charge is 2.27. The van der Waals surface area contributed by atoms with E-state index in [1.807, 2.05) is 0 Å². The van der Waals surface area contributed by atoms with Crippen LogP contribution < -0.4 is 15.8 Å². The first-order valence-electron chi connectivity index (χ1n) is 8.89. The first kappa shape index (κ1) is 19.9. The molecule has 1 amide bonds. The van der Waals surface area contributed by atoms with Gasteiger partial charge in [0, 0.05) is 6.04 Å². The lowest BCUT2D eigenvalue weighted by Gasteiger charge is -2.34. The largest absolute Gasteiger partial charge is 0.352 e. The summed E-state index contributed by atoms with van der Waals surface area (Å²) in [6, 6.07) is 6.77. The van der Waals surface area contributed by atoms with Crippen molar-refractivity contribution < 1.29 is 13.2 Å². The van der Waals surface area contributed by atoms with Crippen molar-refractivity contribution in [2.24, 2.45) is 17.0 Å². The third-order valence-electron chi connectivity index (χ3n) is 5.18. The Morgan fingerprint density at radius 3 is 2.52 bits per heavy atom. The molecule has 0 unspecified atom stereocenters. The number of benzene rings is 1. The molecule has 3 atom stereocenters. The van der Waals surface area contributed by atoms with E-state index in [9.17, 15) is 13.2 Å². The molecule has 1 aromatic rings. The normalized spacial score (nSPS) is 24.0. The summed E-state index contributed by atoms with van der Waals surface area (Å²) in [5, 5.41) is 11.4. The Balaban J connectivity index is 1.69. The Morgan fingerprint density at radius 1 is 1.20 bits per heavy atom. The SMILES string of the molecule is C[C@H]1[C@@H](C)CCC[C@H]1NC(=O)CNCCc1ccc(S(N)(=O)=O)cc1. The molecule has 0 spiro atoms. The second kappa shape index (κ2) is 8.78. The number of hydrogen-bond acceptors (Lipinski definition) is 4. The van der Waals surface area contributed by atoms with Gasteiger partial charge in [-0.25, -0.2) is 13.6 Å². The smallest absolute Gasteiger partial charge is 0.238 e. The highest BCUT2D eigenvalue weighted by atomic mass is 32.2. The number of carbonyl (C=O) groups is 1. The Labute approximate surface area is 150 Å². The second-order valence-corrected chi connectivity index (χ2v) is 8.62. The Kier molecular flexibility index (Phi) is 6.98. The summed E-state index contributed by atoms with van der Waals surface area (Å²) in [4.78, 5) is 12.2. The van der Waals surface area contributed by atoms with Crippen LogP contribution >= 0.6 is 0 Å². The molecule has 1 aromatic carbocycles. The fourth-order valence-corrected chi connectivity index (χ4v) is 3.84. The van der Waals surface area contributed by atoms with E-state index < -0.39 is 10.0 Å². The molecule has 1 fully saturated rings. The van der Waals surface area contributed by atoms with Crippen LogP contribution in [-0.4, -0.2) is 33.5 Å². The fourth-order valence-electron chi connectivity index (χ4n) is 3.32. The van der Waals surface area contributed by atoms with Crippen LogP contribution in [0.1, 0.15) is 38.7 Å². The second-order valence-electron chi connectivity index (χ2n) is 7.06. The molecular weight excluding hydrogens is 338 g/mol. The molecule has 0 aromatic heterocycles. The molecular formula is C18H29N3O3S. The summed E-state index contributed by atoms with van der Waals surface area (Å²) in [6.07, 6.45) is 4.21. The lowest BCUT2D eigenvalue weighted by Crippen LogP contribution is -2.46. The maximum Gasteiger partial charge on any atom is 0.238 e. The third kappa shape index (κ3) is 6.09. The van der Waals surface area contributed by atoms with Crippen LogP contribution in [0, 0.1) is 11.8 Å². The van der Waals surface area contributed by atoms with E-state index in [1.54, 1.807) is 12.1 Å². The monoisotopic (exact) mass is 367 g/mol. The van der Waals surface area contributed by atoms with E-state index in [-0.39, 0.29) is 16.8 Å². The third-order valence-corrected chi connectivity index (χ3v) is 6.11. The van der Waals surface area contributed by atoms with Crippen molar-refractivity contribution in [3.05, 3.63) is 29.8 Å². The minimum Gasteiger partial charge on any atom is -0.352 e. The zero-order valence-corrected chi connectivity index (χ0v) is 15.8. The summed E-state index contributed by atoms with van der Waals surface area (Å²) in [7, 11) is -3.65. The topological polar surface area (TPSA) is 101 Å². The fraction of sp³-hybridized carbons (Fsp3) is 0.611. The predicted molar refractivity (Wildman–Crippen MR) is 98.5 cm³/mol. The molecule has 25 heavy (non-hydrogen) atoms. The van der Waals surface area contributed by atoms with Crippen molar-refractivity contribution >= 4 is 15.9 Å². The highest BCUT2D eigenvalue weighted by molar-refractivity contribution is 7.89. The van der Waals surface area contributed by atoms with Crippen molar-refractivity contribution in [1.29, 1.82) is 0 Å². The first-order valence-corrected chi connectivity index (χ1v) is 10.4. The van der Waals surface area contributed by atoms with Crippen LogP contribution in [0.25, 0.3) is 0 Å². The molecule has 0 radical (unpaired) electrons. The molecule has 1 aliphatic carbocycles. The van der Waals surface area contributed by atoms with Gasteiger partial charge in [0.2, 0.25) is 15.9 Å². The Morgan fingerprint density at radius 2 is 1.88 bits per heavy atom. The van der Waals surface area contributed by atoms with Gasteiger partial charge >= 0.3 is 0 Å². The van der Waals surface area contributed by atoms with Crippen molar-refractivity contribution in [1.82, 2.24) is 10.6 Å². The number of nitrogens with two attached hydrogens (primary N) is 1. The maximum atomic E-state index is 12.1. The minimum absolute atomic E-state index is 0.0375. The Hall–Kier alpha value is -1.44. The van der Waals surface area contributed by atoms with E-state index >= 15 is 0 Å². The van der Waals surface area contributed by atoms with Gasteiger partial charge in [0.15, 0.2) is 0 Å². The van der Waals surface area contributed by atoms with E-state index in [1.165, 1.54) is 25.0 Å².